The number of fused-ring (bicyclic) bond motifs is 1. The number of carbonyl (C=O) groups excluding carboxylic acids is 1. The number of guanidine groups is 1. The van der Waals surface area contributed by atoms with Crippen molar-refractivity contribution in [2.24, 2.45) is 4.99 Å². The van der Waals surface area contributed by atoms with Gasteiger partial charge in [0.25, 0.3) is 0 Å². The second kappa shape index (κ2) is 11.3. The molecule has 2 N–H and O–H groups in total. The molecule has 7 nitrogen and oxygen atoms in total. The van der Waals surface area contributed by atoms with Crippen molar-refractivity contribution in [1.82, 2.24) is 15.1 Å². The SMILES string of the molecule is CCCC(=O)Nc1ccc(CNC(=NC)N2CC3OCCN(Cc4ccccc4)C3C2)cc1. The first kappa shape index (κ1) is 23.3. The number of nitrogens with zero attached hydrogens (tertiary/aromatic N) is 3. The van der Waals surface area contributed by atoms with Crippen molar-refractivity contribution in [1.29, 1.82) is 0 Å². The van der Waals surface area contributed by atoms with E-state index in [2.05, 4.69) is 55.8 Å². The van der Waals surface area contributed by atoms with E-state index in [1.165, 1.54) is 5.56 Å². The lowest BCUT2D eigenvalue weighted by atomic mass is 10.1. The number of carbonyl (C=O) groups is 1. The van der Waals surface area contributed by atoms with Crippen LogP contribution in [-0.2, 0) is 22.6 Å². The minimum absolute atomic E-state index is 0.0582. The highest BCUT2D eigenvalue weighted by Gasteiger charge is 2.41. The molecular weight excluding hydrogens is 414 g/mol. The minimum Gasteiger partial charge on any atom is -0.373 e. The predicted octanol–water partition coefficient (Wildman–Crippen LogP) is 3.09. The summed E-state index contributed by atoms with van der Waals surface area (Å²) in [5.41, 5.74) is 3.32. The van der Waals surface area contributed by atoms with E-state index >= 15 is 0 Å². The monoisotopic (exact) mass is 449 g/mol. The van der Waals surface area contributed by atoms with Crippen molar-refractivity contribution >= 4 is 17.6 Å². The van der Waals surface area contributed by atoms with Gasteiger partial charge in [-0.25, -0.2) is 0 Å². The van der Waals surface area contributed by atoms with Gasteiger partial charge in [-0.1, -0.05) is 49.4 Å². The Kier molecular flexibility index (Phi) is 7.96. The Balaban J connectivity index is 1.31. The molecule has 0 spiro atoms. The number of hydrogen-bond acceptors (Lipinski definition) is 4. The summed E-state index contributed by atoms with van der Waals surface area (Å²) in [6, 6.07) is 19.0. The fourth-order valence-electron chi connectivity index (χ4n) is 4.62. The van der Waals surface area contributed by atoms with Gasteiger partial charge in [0.05, 0.1) is 18.8 Å². The quantitative estimate of drug-likeness (QED) is 0.502. The summed E-state index contributed by atoms with van der Waals surface area (Å²) in [5.74, 6) is 0.954. The predicted molar refractivity (Wildman–Crippen MR) is 132 cm³/mol. The number of nitrogens with one attached hydrogen (secondary N) is 2. The van der Waals surface area contributed by atoms with Gasteiger partial charge in [0.2, 0.25) is 5.91 Å². The molecule has 33 heavy (non-hydrogen) atoms. The van der Waals surface area contributed by atoms with Crippen LogP contribution in [0.5, 0.6) is 0 Å². The van der Waals surface area contributed by atoms with Gasteiger partial charge in [0.1, 0.15) is 0 Å². The van der Waals surface area contributed by atoms with Crippen LogP contribution in [0.3, 0.4) is 0 Å². The normalized spacial score (nSPS) is 21.0. The topological polar surface area (TPSA) is 69.2 Å². The Labute approximate surface area is 196 Å². The molecule has 0 aromatic heterocycles. The van der Waals surface area contributed by atoms with Crippen LogP contribution in [0.2, 0.25) is 0 Å². The van der Waals surface area contributed by atoms with Crippen LogP contribution < -0.4 is 10.6 Å². The maximum absolute atomic E-state index is 11.8. The number of amides is 1. The fraction of sp³-hybridized carbons (Fsp3) is 0.462. The van der Waals surface area contributed by atoms with Gasteiger partial charge in [-0.3, -0.25) is 14.7 Å². The van der Waals surface area contributed by atoms with Gasteiger partial charge in [-0.2, -0.15) is 0 Å². The molecule has 2 unspecified atom stereocenters. The Bertz CT molecular complexity index is 931. The average Bonchev–Trinajstić information content (AvgIpc) is 3.27. The highest BCUT2D eigenvalue weighted by atomic mass is 16.5. The minimum atomic E-state index is 0.0582. The van der Waals surface area contributed by atoms with Crippen molar-refractivity contribution in [3.63, 3.8) is 0 Å². The number of likely N-dealkylation sites (tertiary alicyclic amines) is 1. The molecule has 0 saturated carbocycles. The molecule has 7 heteroatoms. The maximum atomic E-state index is 11.8. The van der Waals surface area contributed by atoms with Crippen LogP contribution >= 0.6 is 0 Å². The molecule has 0 radical (unpaired) electrons. The highest BCUT2D eigenvalue weighted by molar-refractivity contribution is 5.90. The van der Waals surface area contributed by atoms with Gasteiger partial charge in [-0.15, -0.1) is 0 Å². The molecule has 2 saturated heterocycles. The van der Waals surface area contributed by atoms with E-state index in [-0.39, 0.29) is 12.0 Å². The summed E-state index contributed by atoms with van der Waals surface area (Å²) in [7, 11) is 1.83. The van der Waals surface area contributed by atoms with Crippen LogP contribution in [0.15, 0.2) is 59.6 Å². The van der Waals surface area contributed by atoms with Gasteiger partial charge in [-0.05, 0) is 29.7 Å². The standard InChI is InChI=1S/C26H35N5O2/c1-3-7-25(32)29-22-12-10-20(11-13-22)16-28-26(27-2)31-18-23-24(19-31)33-15-14-30(23)17-21-8-5-4-6-9-21/h4-6,8-13,23-24H,3,7,14-19H2,1-2H3,(H,27,28)(H,29,32). The van der Waals surface area contributed by atoms with Crippen molar-refractivity contribution in [3.05, 3.63) is 65.7 Å². The molecule has 0 aliphatic carbocycles. The Morgan fingerprint density at radius 2 is 1.88 bits per heavy atom. The molecule has 2 atom stereocenters. The smallest absolute Gasteiger partial charge is 0.224 e. The van der Waals surface area contributed by atoms with E-state index in [0.717, 1.165) is 56.4 Å². The van der Waals surface area contributed by atoms with Crippen molar-refractivity contribution in [3.8, 4) is 0 Å². The Morgan fingerprint density at radius 1 is 1.09 bits per heavy atom. The molecular formula is C26H35N5O2. The average molecular weight is 450 g/mol. The largest absolute Gasteiger partial charge is 0.373 e. The summed E-state index contributed by atoms with van der Waals surface area (Å²) in [4.78, 5) is 21.1. The molecule has 2 aliphatic heterocycles. The molecule has 4 rings (SSSR count). The van der Waals surface area contributed by atoms with Crippen LogP contribution in [0.25, 0.3) is 0 Å². The number of rotatable bonds is 7. The first-order valence-corrected chi connectivity index (χ1v) is 11.9. The molecule has 2 fully saturated rings. The van der Waals surface area contributed by atoms with Crippen LogP contribution in [-0.4, -0.2) is 67.1 Å². The summed E-state index contributed by atoms with van der Waals surface area (Å²) in [5, 5.41) is 6.43. The fourth-order valence-corrected chi connectivity index (χ4v) is 4.62. The van der Waals surface area contributed by atoms with E-state index < -0.39 is 0 Å². The van der Waals surface area contributed by atoms with Gasteiger partial charge in [0.15, 0.2) is 5.96 Å². The number of ether oxygens (including phenoxy) is 1. The Hall–Kier alpha value is -2.90. The molecule has 2 heterocycles. The van der Waals surface area contributed by atoms with Crippen molar-refractivity contribution in [2.45, 2.75) is 45.0 Å². The van der Waals surface area contributed by atoms with Crippen LogP contribution in [0.4, 0.5) is 5.69 Å². The van der Waals surface area contributed by atoms with Gasteiger partial charge < -0.3 is 20.3 Å². The lowest BCUT2D eigenvalue weighted by molar-refractivity contribution is -0.116. The number of aliphatic imine (C=N–C) groups is 1. The second-order valence-corrected chi connectivity index (χ2v) is 8.73. The first-order valence-electron chi connectivity index (χ1n) is 11.9. The molecule has 1 amide bonds. The van der Waals surface area contributed by atoms with Crippen LogP contribution in [0, 0.1) is 0 Å². The Morgan fingerprint density at radius 3 is 2.61 bits per heavy atom. The number of morpholine rings is 1. The summed E-state index contributed by atoms with van der Waals surface area (Å²) in [6.45, 7) is 7.11. The third-order valence-corrected chi connectivity index (χ3v) is 6.32. The van der Waals surface area contributed by atoms with E-state index in [4.69, 9.17) is 4.74 Å². The van der Waals surface area contributed by atoms with Crippen LogP contribution in [0.1, 0.15) is 30.9 Å². The lowest BCUT2D eigenvalue weighted by Crippen LogP contribution is -2.50. The first-order chi connectivity index (χ1) is 16.2. The van der Waals surface area contributed by atoms with E-state index in [9.17, 15) is 4.79 Å². The lowest BCUT2D eigenvalue weighted by Gasteiger charge is -2.36. The number of benzene rings is 2. The molecule has 2 aliphatic rings. The second-order valence-electron chi connectivity index (χ2n) is 8.73. The zero-order chi connectivity index (χ0) is 23.0. The third-order valence-electron chi connectivity index (χ3n) is 6.32. The van der Waals surface area contributed by atoms with Crippen molar-refractivity contribution < 1.29 is 9.53 Å². The summed E-state index contributed by atoms with van der Waals surface area (Å²) >= 11 is 0. The van der Waals surface area contributed by atoms with E-state index in [0.29, 0.717) is 19.0 Å². The van der Waals surface area contributed by atoms with Crippen molar-refractivity contribution in [2.75, 3.05) is 38.6 Å². The summed E-state index contributed by atoms with van der Waals surface area (Å²) < 4.78 is 6.12. The van der Waals surface area contributed by atoms with Gasteiger partial charge in [0, 0.05) is 51.9 Å². The maximum Gasteiger partial charge on any atom is 0.224 e. The van der Waals surface area contributed by atoms with E-state index in [1.807, 2.05) is 38.2 Å². The molecule has 176 valence electrons. The third kappa shape index (κ3) is 6.12. The summed E-state index contributed by atoms with van der Waals surface area (Å²) in [6.07, 6.45) is 1.59. The zero-order valence-corrected chi connectivity index (χ0v) is 19.7. The van der Waals surface area contributed by atoms with E-state index in [1.54, 1.807) is 0 Å². The molecule has 2 aromatic carbocycles. The number of hydrogen-bond donors (Lipinski definition) is 2. The molecule has 0 bridgehead atoms. The highest BCUT2D eigenvalue weighted by Crippen LogP contribution is 2.24. The molecule has 2 aromatic rings. The zero-order valence-electron chi connectivity index (χ0n) is 19.7. The van der Waals surface area contributed by atoms with Gasteiger partial charge >= 0.3 is 0 Å². The number of anilines is 1.